The van der Waals surface area contributed by atoms with Crippen LogP contribution in [0.1, 0.15) is 39.6 Å². The number of nitrogens with zero attached hydrogens (tertiary/aromatic N) is 3. The number of aromatic nitrogens is 1. The van der Waals surface area contributed by atoms with Crippen molar-refractivity contribution < 1.29 is 32.7 Å². The molecule has 318 valence electrons. The van der Waals surface area contributed by atoms with Gasteiger partial charge in [-0.05, 0) is 33.4 Å². The minimum Gasteiger partial charge on any atom is -0.448 e. The zero-order chi connectivity index (χ0) is 43.8. The number of benzene rings is 5. The normalized spacial score (nSPS) is 16.5. The summed E-state index contributed by atoms with van der Waals surface area (Å²) in [6, 6.07) is 46.6. The predicted molar refractivity (Wildman–Crippen MR) is 241 cm³/mol. The van der Waals surface area contributed by atoms with E-state index in [1.807, 2.05) is 152 Å². The number of carbonyl (C=O) groups excluding carboxylic acids is 3. The number of β-lactam (4-membered cyclic amide) rings is 1. The number of carbonyl (C=O) groups is 3. The maximum atomic E-state index is 14.3. The molecule has 2 atom stereocenters. The zero-order valence-corrected chi connectivity index (χ0v) is 35.6. The van der Waals surface area contributed by atoms with Crippen LogP contribution in [0.3, 0.4) is 0 Å². The fourth-order valence-electron chi connectivity index (χ4n) is 7.58. The van der Waals surface area contributed by atoms with Crippen molar-refractivity contribution in [3.8, 4) is 0 Å². The third-order valence-electron chi connectivity index (χ3n) is 10.4. The SMILES string of the molecule is O=C(OC(c1ccccc1)c1ccccc1)C1=C(/C=C\CCl)CS[C@@H]2[C@H](NC(=O)/C(=N\OC(F)F)c3csc(NC(c4ccccc4)(c4ccccc4)c4ccccc4)n3)C(=O)N12. The van der Waals surface area contributed by atoms with Gasteiger partial charge < -0.3 is 20.2 Å². The highest BCUT2D eigenvalue weighted by Crippen LogP contribution is 2.43. The summed E-state index contributed by atoms with van der Waals surface area (Å²) in [6.45, 7) is -3.35. The van der Waals surface area contributed by atoms with Crippen LogP contribution in [0.5, 0.6) is 0 Å². The first-order valence-corrected chi connectivity index (χ1v) is 22.2. The average Bonchev–Trinajstić information content (AvgIpc) is 3.79. The van der Waals surface area contributed by atoms with Crippen LogP contribution in [-0.2, 0) is 29.5 Å². The molecule has 10 nitrogen and oxygen atoms in total. The highest BCUT2D eigenvalue weighted by Gasteiger charge is 2.55. The van der Waals surface area contributed by atoms with Crippen LogP contribution in [0.2, 0.25) is 0 Å². The molecule has 1 aromatic heterocycles. The summed E-state index contributed by atoms with van der Waals surface area (Å²) >= 11 is 8.42. The van der Waals surface area contributed by atoms with Gasteiger partial charge in [0.25, 0.3) is 11.8 Å². The van der Waals surface area contributed by atoms with Gasteiger partial charge in [0.05, 0.1) is 0 Å². The number of amides is 2. The van der Waals surface area contributed by atoms with Gasteiger partial charge in [-0.3, -0.25) is 14.5 Å². The van der Waals surface area contributed by atoms with E-state index in [1.165, 1.54) is 22.0 Å². The zero-order valence-electron chi connectivity index (χ0n) is 33.2. The molecule has 5 aromatic carbocycles. The molecule has 1 saturated heterocycles. The lowest BCUT2D eigenvalue weighted by molar-refractivity contribution is -0.154. The van der Waals surface area contributed by atoms with Crippen molar-refractivity contribution in [2.75, 3.05) is 16.9 Å². The average molecular weight is 902 g/mol. The highest BCUT2D eigenvalue weighted by molar-refractivity contribution is 8.00. The molecule has 0 aliphatic carbocycles. The van der Waals surface area contributed by atoms with Gasteiger partial charge in [-0.2, -0.15) is 8.78 Å². The topological polar surface area (TPSA) is 122 Å². The summed E-state index contributed by atoms with van der Waals surface area (Å²) in [5, 5.41) is 10.9. The van der Waals surface area contributed by atoms with Crippen molar-refractivity contribution in [1.82, 2.24) is 15.2 Å². The summed E-state index contributed by atoms with van der Waals surface area (Å²) in [5.41, 5.74) is 2.99. The molecule has 0 unspecified atom stereocenters. The molecule has 1 fully saturated rings. The van der Waals surface area contributed by atoms with Crippen LogP contribution in [0.25, 0.3) is 0 Å². The fourth-order valence-corrected chi connectivity index (χ4v) is 9.74. The number of thioether (sulfide) groups is 1. The van der Waals surface area contributed by atoms with Crippen LogP contribution in [0, 0.1) is 0 Å². The molecule has 0 radical (unpaired) electrons. The summed E-state index contributed by atoms with van der Waals surface area (Å²) in [6.07, 6.45) is 2.54. The van der Waals surface area contributed by atoms with Crippen molar-refractivity contribution >= 4 is 63.3 Å². The summed E-state index contributed by atoms with van der Waals surface area (Å²) in [5.74, 6) is -1.93. The van der Waals surface area contributed by atoms with Gasteiger partial charge in [0, 0.05) is 17.0 Å². The molecule has 2 N–H and O–H groups in total. The Morgan fingerprint density at radius 2 is 1.37 bits per heavy atom. The predicted octanol–water partition coefficient (Wildman–Crippen LogP) is 9.27. The molecule has 6 aromatic rings. The Morgan fingerprint density at radius 1 is 0.841 bits per heavy atom. The van der Waals surface area contributed by atoms with Crippen molar-refractivity contribution in [1.29, 1.82) is 0 Å². The van der Waals surface area contributed by atoms with Crippen LogP contribution < -0.4 is 10.6 Å². The monoisotopic (exact) mass is 901 g/mol. The van der Waals surface area contributed by atoms with E-state index >= 15 is 0 Å². The van der Waals surface area contributed by atoms with E-state index in [2.05, 4.69) is 25.6 Å². The minimum atomic E-state index is -3.35. The molecule has 3 heterocycles. The molecular formula is C48H38ClF2N5O5S2. The highest BCUT2D eigenvalue weighted by atomic mass is 35.5. The molecule has 0 bridgehead atoms. The number of rotatable bonds is 16. The van der Waals surface area contributed by atoms with Crippen molar-refractivity contribution in [3.63, 3.8) is 0 Å². The maximum Gasteiger partial charge on any atom is 0.407 e. The number of hydrogen-bond acceptors (Lipinski definition) is 10. The van der Waals surface area contributed by atoms with E-state index in [9.17, 15) is 23.2 Å². The fraction of sp³-hybridized carbons (Fsp3) is 0.146. The van der Waals surface area contributed by atoms with Crippen molar-refractivity contribution in [2.45, 2.75) is 29.7 Å². The van der Waals surface area contributed by atoms with E-state index in [1.54, 1.807) is 12.2 Å². The Labute approximate surface area is 375 Å². The van der Waals surface area contributed by atoms with Gasteiger partial charge in [0.2, 0.25) is 0 Å². The van der Waals surface area contributed by atoms with Gasteiger partial charge in [0.1, 0.15) is 28.3 Å². The summed E-state index contributed by atoms with van der Waals surface area (Å²) < 4.78 is 33.2. The second kappa shape index (κ2) is 19.6. The number of hydrogen-bond donors (Lipinski definition) is 2. The van der Waals surface area contributed by atoms with E-state index in [0.29, 0.717) is 10.7 Å². The first-order valence-electron chi connectivity index (χ1n) is 19.7. The smallest absolute Gasteiger partial charge is 0.407 e. The van der Waals surface area contributed by atoms with E-state index < -0.39 is 53.2 Å². The second-order valence-electron chi connectivity index (χ2n) is 14.2. The molecule has 8 rings (SSSR count). The standard InChI is InChI=1S/C48H38ClF2N5O5S2/c49-28-16-21-33-29-62-44-39(43(58)56(44)40(33)45(59)60-41(31-17-6-1-7-18-31)32-19-8-2-9-20-32)53-42(57)38(55-61-46(50)51)37-30-63-47(52-37)54-48(34-22-10-3-11-23-34,35-24-12-4-13-25-35)36-26-14-5-15-27-36/h1-27,30,39,41,44,46H,28-29H2,(H,52,54)(H,53,57)/b21-16-,55-38-/t39-,44-/m1/s1. The number of alkyl halides is 3. The van der Waals surface area contributed by atoms with Crippen LogP contribution >= 0.6 is 34.7 Å². The van der Waals surface area contributed by atoms with Crippen molar-refractivity contribution in [3.05, 3.63) is 214 Å². The van der Waals surface area contributed by atoms with Crippen LogP contribution in [0.4, 0.5) is 13.9 Å². The Hall–Kier alpha value is -6.61. The first kappa shape index (κ1) is 43.1. The molecule has 0 saturated carbocycles. The first-order chi connectivity index (χ1) is 30.8. The lowest BCUT2D eigenvalue weighted by Gasteiger charge is -2.49. The number of fused-ring (bicyclic) bond motifs is 1. The third-order valence-corrected chi connectivity index (χ3v) is 12.7. The van der Waals surface area contributed by atoms with Gasteiger partial charge in [0.15, 0.2) is 16.9 Å². The van der Waals surface area contributed by atoms with Gasteiger partial charge in [-0.15, -0.1) is 34.7 Å². The summed E-state index contributed by atoms with van der Waals surface area (Å²) in [4.78, 5) is 52.7. The summed E-state index contributed by atoms with van der Waals surface area (Å²) in [7, 11) is 0. The molecule has 0 spiro atoms. The van der Waals surface area contributed by atoms with E-state index in [-0.39, 0.29) is 23.0 Å². The van der Waals surface area contributed by atoms with Crippen LogP contribution in [0.15, 0.2) is 186 Å². The number of allylic oxidation sites excluding steroid dienone is 2. The van der Waals surface area contributed by atoms with Crippen molar-refractivity contribution in [2.24, 2.45) is 5.16 Å². The number of halogens is 3. The molecule has 2 amide bonds. The van der Waals surface area contributed by atoms with Gasteiger partial charge in [-0.25, -0.2) is 9.78 Å². The molecule has 2 aliphatic heterocycles. The molecule has 15 heteroatoms. The maximum absolute atomic E-state index is 14.3. The van der Waals surface area contributed by atoms with Gasteiger partial charge >= 0.3 is 12.6 Å². The van der Waals surface area contributed by atoms with Gasteiger partial charge in [-0.1, -0.05) is 169 Å². The Kier molecular flexibility index (Phi) is 13.4. The largest absolute Gasteiger partial charge is 0.448 e. The third kappa shape index (κ3) is 9.15. The number of esters is 1. The molecule has 63 heavy (non-hydrogen) atoms. The number of anilines is 1. The van der Waals surface area contributed by atoms with E-state index in [0.717, 1.165) is 39.2 Å². The second-order valence-corrected chi connectivity index (χ2v) is 16.5. The number of thiazole rings is 1. The Bertz CT molecular complexity index is 2500. The number of nitrogens with one attached hydrogen (secondary N) is 2. The Morgan fingerprint density at radius 3 is 1.87 bits per heavy atom. The number of oxime groups is 1. The molecular weight excluding hydrogens is 864 g/mol. The molecule has 2 aliphatic rings. The lowest BCUT2D eigenvalue weighted by Crippen LogP contribution is -2.71. The van der Waals surface area contributed by atoms with E-state index in [4.69, 9.17) is 16.3 Å². The Balaban J connectivity index is 1.07. The lowest BCUT2D eigenvalue weighted by atomic mass is 9.77. The van der Waals surface area contributed by atoms with Crippen LogP contribution in [-0.4, -0.2) is 63.0 Å². The quantitative estimate of drug-likeness (QED) is 0.0246. The minimum absolute atomic E-state index is 0.0105. The number of ether oxygens (including phenoxy) is 1.